The molecule has 0 unspecified atom stereocenters. The maximum Gasteiger partial charge on any atom is 0.409 e. The molecule has 84 valence electrons. The van der Waals surface area contributed by atoms with E-state index in [0.717, 1.165) is 18.4 Å². The lowest BCUT2D eigenvalue weighted by Crippen LogP contribution is -2.11. The van der Waals surface area contributed by atoms with E-state index in [4.69, 9.17) is 5.11 Å². The van der Waals surface area contributed by atoms with Crippen molar-refractivity contribution in [2.45, 2.75) is 19.3 Å². The standard InChI is InChI=1S/C11H12N2O3/c14-10-3-1-2-7-4-5-8(12-11(15)16)6-9(7)13-10/h4-6,12H,1-3H2,(H,13,14)(H,15,16). The van der Waals surface area contributed by atoms with E-state index in [2.05, 4.69) is 10.6 Å². The average molecular weight is 220 g/mol. The second-order valence-corrected chi connectivity index (χ2v) is 3.70. The van der Waals surface area contributed by atoms with Gasteiger partial charge in [-0.05, 0) is 30.5 Å². The average Bonchev–Trinajstić information content (AvgIpc) is 2.37. The van der Waals surface area contributed by atoms with Crippen molar-refractivity contribution in [3.63, 3.8) is 0 Å². The summed E-state index contributed by atoms with van der Waals surface area (Å²) in [5.41, 5.74) is 2.21. The van der Waals surface area contributed by atoms with Gasteiger partial charge in [-0.1, -0.05) is 6.07 Å². The second-order valence-electron chi connectivity index (χ2n) is 3.70. The van der Waals surface area contributed by atoms with Crippen molar-refractivity contribution >= 4 is 23.4 Å². The van der Waals surface area contributed by atoms with Crippen molar-refractivity contribution in [1.29, 1.82) is 0 Å². The molecule has 0 aromatic heterocycles. The second kappa shape index (κ2) is 4.22. The van der Waals surface area contributed by atoms with E-state index < -0.39 is 6.09 Å². The van der Waals surface area contributed by atoms with Gasteiger partial charge in [0.2, 0.25) is 5.91 Å². The van der Waals surface area contributed by atoms with Crippen LogP contribution in [0.2, 0.25) is 0 Å². The summed E-state index contributed by atoms with van der Waals surface area (Å²) in [4.78, 5) is 21.8. The van der Waals surface area contributed by atoms with Crippen LogP contribution in [-0.2, 0) is 11.2 Å². The zero-order valence-corrected chi connectivity index (χ0v) is 8.62. The zero-order valence-electron chi connectivity index (χ0n) is 8.62. The van der Waals surface area contributed by atoms with Crippen LogP contribution in [0.5, 0.6) is 0 Å². The lowest BCUT2D eigenvalue weighted by atomic mass is 10.1. The molecule has 0 radical (unpaired) electrons. The van der Waals surface area contributed by atoms with Crippen molar-refractivity contribution in [1.82, 2.24) is 0 Å². The molecule has 2 rings (SSSR count). The summed E-state index contributed by atoms with van der Waals surface area (Å²) in [6.07, 6.45) is 1.06. The number of hydrogen-bond acceptors (Lipinski definition) is 2. The molecule has 0 fully saturated rings. The fourth-order valence-corrected chi connectivity index (χ4v) is 1.76. The molecule has 1 aromatic carbocycles. The molecule has 0 spiro atoms. The van der Waals surface area contributed by atoms with E-state index in [1.165, 1.54) is 0 Å². The molecule has 5 nitrogen and oxygen atoms in total. The van der Waals surface area contributed by atoms with Gasteiger partial charge in [0.1, 0.15) is 0 Å². The van der Waals surface area contributed by atoms with E-state index in [1.807, 2.05) is 6.07 Å². The third-order valence-corrected chi connectivity index (χ3v) is 2.49. The highest BCUT2D eigenvalue weighted by Gasteiger charge is 2.13. The molecule has 2 amide bonds. The number of rotatable bonds is 1. The van der Waals surface area contributed by atoms with E-state index in [9.17, 15) is 9.59 Å². The van der Waals surface area contributed by atoms with Crippen LogP contribution in [0.3, 0.4) is 0 Å². The molecule has 3 N–H and O–H groups in total. The molecule has 5 heteroatoms. The van der Waals surface area contributed by atoms with Crippen LogP contribution in [0.1, 0.15) is 18.4 Å². The smallest absolute Gasteiger partial charge is 0.409 e. The van der Waals surface area contributed by atoms with Gasteiger partial charge < -0.3 is 10.4 Å². The first-order chi connectivity index (χ1) is 7.65. The van der Waals surface area contributed by atoms with Crippen LogP contribution in [0.15, 0.2) is 18.2 Å². The number of carbonyl (C=O) groups is 2. The minimum absolute atomic E-state index is 0.0220. The Kier molecular flexibility index (Phi) is 2.76. The Hall–Kier alpha value is -2.04. The Morgan fingerprint density at radius 3 is 2.94 bits per heavy atom. The van der Waals surface area contributed by atoms with Crippen LogP contribution < -0.4 is 10.6 Å². The molecule has 0 saturated heterocycles. The van der Waals surface area contributed by atoms with Gasteiger partial charge in [0.15, 0.2) is 0 Å². The summed E-state index contributed by atoms with van der Waals surface area (Å²) in [5, 5.41) is 13.6. The molecule has 1 aliphatic heterocycles. The van der Waals surface area contributed by atoms with Gasteiger partial charge in [0, 0.05) is 17.8 Å². The summed E-state index contributed by atoms with van der Waals surface area (Å²) >= 11 is 0. The number of nitrogens with one attached hydrogen (secondary N) is 2. The maximum atomic E-state index is 11.3. The van der Waals surface area contributed by atoms with Crippen molar-refractivity contribution in [2.75, 3.05) is 10.6 Å². The number of carboxylic acid groups (broad SMARTS) is 1. The highest BCUT2D eigenvalue weighted by Crippen LogP contribution is 2.25. The molecule has 0 saturated carbocycles. The number of fused-ring (bicyclic) bond motifs is 1. The third kappa shape index (κ3) is 2.31. The Bertz CT molecular complexity index is 443. The summed E-state index contributed by atoms with van der Waals surface area (Å²) in [7, 11) is 0. The topological polar surface area (TPSA) is 78.4 Å². The highest BCUT2D eigenvalue weighted by molar-refractivity contribution is 5.93. The Labute approximate surface area is 92.5 Å². The van der Waals surface area contributed by atoms with E-state index in [0.29, 0.717) is 17.8 Å². The van der Waals surface area contributed by atoms with Crippen molar-refractivity contribution < 1.29 is 14.7 Å². The van der Waals surface area contributed by atoms with Gasteiger partial charge >= 0.3 is 6.09 Å². The summed E-state index contributed by atoms with van der Waals surface area (Å²) in [6.45, 7) is 0. The number of amides is 2. The first-order valence-electron chi connectivity index (χ1n) is 5.08. The van der Waals surface area contributed by atoms with Crippen LogP contribution >= 0.6 is 0 Å². The largest absolute Gasteiger partial charge is 0.465 e. The molecule has 0 atom stereocenters. The van der Waals surface area contributed by atoms with E-state index in [-0.39, 0.29) is 5.91 Å². The SMILES string of the molecule is O=C(O)Nc1ccc2c(c1)NC(=O)CCC2. The molecule has 0 aliphatic carbocycles. The van der Waals surface area contributed by atoms with Gasteiger partial charge in [0.25, 0.3) is 0 Å². The van der Waals surface area contributed by atoms with Gasteiger partial charge in [-0.25, -0.2) is 4.79 Å². The number of hydrogen-bond donors (Lipinski definition) is 3. The maximum absolute atomic E-state index is 11.3. The van der Waals surface area contributed by atoms with Gasteiger partial charge in [-0.15, -0.1) is 0 Å². The van der Waals surface area contributed by atoms with Gasteiger partial charge in [-0.3, -0.25) is 10.1 Å². The Morgan fingerprint density at radius 1 is 1.38 bits per heavy atom. The van der Waals surface area contributed by atoms with Crippen molar-refractivity contribution in [3.05, 3.63) is 23.8 Å². The summed E-state index contributed by atoms with van der Waals surface area (Å²) < 4.78 is 0. The number of anilines is 2. The van der Waals surface area contributed by atoms with E-state index >= 15 is 0 Å². The van der Waals surface area contributed by atoms with E-state index in [1.54, 1.807) is 12.1 Å². The lowest BCUT2D eigenvalue weighted by Gasteiger charge is -2.08. The summed E-state index contributed by atoms with van der Waals surface area (Å²) in [5.74, 6) is -0.0220. The van der Waals surface area contributed by atoms with Crippen LogP contribution in [0.25, 0.3) is 0 Å². The molecular weight excluding hydrogens is 208 g/mol. The molecule has 1 heterocycles. The zero-order chi connectivity index (χ0) is 11.5. The quantitative estimate of drug-likeness (QED) is 0.677. The first kappa shape index (κ1) is 10.5. The highest BCUT2D eigenvalue weighted by atomic mass is 16.4. The third-order valence-electron chi connectivity index (χ3n) is 2.49. The van der Waals surface area contributed by atoms with Crippen LogP contribution in [-0.4, -0.2) is 17.1 Å². The predicted molar refractivity (Wildman–Crippen MR) is 59.7 cm³/mol. The predicted octanol–water partition coefficient (Wildman–Crippen LogP) is 2.05. The van der Waals surface area contributed by atoms with Crippen LogP contribution in [0.4, 0.5) is 16.2 Å². The first-order valence-corrected chi connectivity index (χ1v) is 5.08. The van der Waals surface area contributed by atoms with Crippen LogP contribution in [0, 0.1) is 0 Å². The molecule has 1 aromatic rings. The monoisotopic (exact) mass is 220 g/mol. The fraction of sp³-hybridized carbons (Fsp3) is 0.273. The Balaban J connectivity index is 2.29. The molecule has 16 heavy (non-hydrogen) atoms. The summed E-state index contributed by atoms with van der Waals surface area (Å²) in [6, 6.07) is 5.18. The van der Waals surface area contributed by atoms with Crippen molar-refractivity contribution in [3.8, 4) is 0 Å². The number of benzene rings is 1. The number of aryl methyl sites for hydroxylation is 1. The lowest BCUT2D eigenvalue weighted by molar-refractivity contribution is -0.116. The fourth-order valence-electron chi connectivity index (χ4n) is 1.76. The minimum Gasteiger partial charge on any atom is -0.465 e. The molecular formula is C11H12N2O3. The number of carbonyl (C=O) groups excluding carboxylic acids is 1. The molecule has 1 aliphatic rings. The molecule has 0 bridgehead atoms. The van der Waals surface area contributed by atoms with Gasteiger partial charge in [-0.2, -0.15) is 0 Å². The van der Waals surface area contributed by atoms with Gasteiger partial charge in [0.05, 0.1) is 0 Å². The minimum atomic E-state index is -1.11. The van der Waals surface area contributed by atoms with Crippen molar-refractivity contribution in [2.24, 2.45) is 0 Å². The Morgan fingerprint density at radius 2 is 2.19 bits per heavy atom. The normalized spacial score (nSPS) is 14.6.